The number of hydrogen-bond donors (Lipinski definition) is 11. The summed E-state index contributed by atoms with van der Waals surface area (Å²) in [6.07, 6.45) is -13.7. The fraction of sp³-hybridized carbons (Fsp3) is 0.956. The highest BCUT2D eigenvalue weighted by molar-refractivity contribution is 5.27. The smallest absolute Gasteiger partial charge is 0.187 e. The van der Waals surface area contributed by atoms with E-state index in [1.165, 1.54) is 19.4 Å². The molecule has 63 heavy (non-hydrogen) atoms. The van der Waals surface area contributed by atoms with E-state index < -0.39 is 117 Å². The van der Waals surface area contributed by atoms with Gasteiger partial charge in [-0.3, -0.25) is 5.32 Å². The van der Waals surface area contributed by atoms with Gasteiger partial charge in [-0.1, -0.05) is 32.4 Å². The van der Waals surface area contributed by atoms with E-state index in [2.05, 4.69) is 32.2 Å². The van der Waals surface area contributed by atoms with Gasteiger partial charge in [0.15, 0.2) is 18.9 Å². The Kier molecular flexibility index (Phi) is 13.1. The van der Waals surface area contributed by atoms with Gasteiger partial charge in [0, 0.05) is 19.1 Å². The van der Waals surface area contributed by atoms with Crippen LogP contribution in [0.1, 0.15) is 86.0 Å². The molecule has 4 aliphatic carbocycles. The van der Waals surface area contributed by atoms with Crippen LogP contribution < -0.4 is 5.32 Å². The van der Waals surface area contributed by atoms with E-state index in [-0.39, 0.29) is 35.4 Å². The summed E-state index contributed by atoms with van der Waals surface area (Å²) < 4.78 is 43.7. The second-order valence-electron chi connectivity index (χ2n) is 21.3. The summed E-state index contributed by atoms with van der Waals surface area (Å²) in [5.74, 6) is 1.76. The molecule has 8 fully saturated rings. The Morgan fingerprint density at radius 1 is 0.714 bits per heavy atom. The highest BCUT2D eigenvalue weighted by Crippen LogP contribution is 2.70. The Bertz CT molecular complexity index is 1660. The average molecular weight is 900 g/mol. The Morgan fingerprint density at radius 2 is 1.37 bits per heavy atom. The van der Waals surface area contributed by atoms with E-state index in [1.807, 2.05) is 0 Å². The number of hydrogen-bond acceptors (Lipinski definition) is 18. The molecule has 27 atom stereocenters. The maximum absolute atomic E-state index is 11.5. The lowest BCUT2D eigenvalue weighted by Gasteiger charge is -2.59. The van der Waals surface area contributed by atoms with Crippen molar-refractivity contribution < 1.29 is 84.2 Å². The average Bonchev–Trinajstić information content (AvgIpc) is 3.72. The van der Waals surface area contributed by atoms with Crippen LogP contribution >= 0.6 is 0 Å². The maximum Gasteiger partial charge on any atom is 0.187 e. The second kappa shape index (κ2) is 17.5. The van der Waals surface area contributed by atoms with Crippen molar-refractivity contribution in [2.75, 3.05) is 19.8 Å². The Hall–Kier alpha value is -0.980. The van der Waals surface area contributed by atoms with Crippen molar-refractivity contribution in [3.05, 3.63) is 11.6 Å². The van der Waals surface area contributed by atoms with E-state index in [9.17, 15) is 51.1 Å². The monoisotopic (exact) mass is 899 g/mol. The van der Waals surface area contributed by atoms with Crippen LogP contribution in [0.3, 0.4) is 0 Å². The molecule has 3 saturated carbocycles. The third-order valence-electron chi connectivity index (χ3n) is 18.0. The molecule has 18 heteroatoms. The number of piperidine rings is 1. The maximum atomic E-state index is 11.5. The predicted molar refractivity (Wildman–Crippen MR) is 218 cm³/mol. The molecule has 0 aromatic rings. The number of nitrogens with one attached hydrogen (secondary N) is 1. The zero-order chi connectivity index (χ0) is 45.1. The summed E-state index contributed by atoms with van der Waals surface area (Å²) in [7, 11) is 0. The molecule has 18 nitrogen and oxygen atoms in total. The zero-order valence-electron chi connectivity index (χ0n) is 37.0. The van der Waals surface area contributed by atoms with Crippen molar-refractivity contribution in [1.29, 1.82) is 0 Å². The standard InChI is InChI=1S/C45H73NO17/c1-18-30-27(63-45(18)29(49)12-21(16-47)15-46-45)14-26-24-7-6-22-13-23(8-10-43(22,4)25(24)9-11-44(26,30)5)59-38-37(61-41-35(54)33(52)31(50)19(2)57-41)28(17-48)60-40(56)39(38)62-42-36(55)34(53)32(51)20(3)58-42/h6,18-21,23-42,46-56H,7-17H2,1-5H3/t18-,19-,20-,21+,23-,24+,25-,26-,27-,28+,29-,30-,31-,32-,33+,34+,35+,36+,37+,38-,39+,40+,41-,42-,43-,44-,45-/m0/s1. The van der Waals surface area contributed by atoms with E-state index in [1.54, 1.807) is 0 Å². The van der Waals surface area contributed by atoms with Gasteiger partial charge in [-0.2, -0.15) is 0 Å². The molecule has 0 radical (unpaired) electrons. The van der Waals surface area contributed by atoms with Crippen LogP contribution in [0.15, 0.2) is 11.6 Å². The number of ether oxygens (including phenoxy) is 7. The van der Waals surface area contributed by atoms with Gasteiger partial charge in [0.1, 0.15) is 66.8 Å². The number of aliphatic hydroxyl groups excluding tert-OH is 10. The Balaban J connectivity index is 0.949. The molecule has 1 spiro atoms. The lowest BCUT2D eigenvalue weighted by molar-refractivity contribution is -0.386. The lowest BCUT2D eigenvalue weighted by atomic mass is 9.46. The highest BCUT2D eigenvalue weighted by Gasteiger charge is 2.70. The molecule has 0 unspecified atom stereocenters. The molecule has 0 bridgehead atoms. The number of aliphatic hydroxyl groups is 10. The van der Waals surface area contributed by atoms with Crippen LogP contribution in [0.5, 0.6) is 0 Å². The van der Waals surface area contributed by atoms with Crippen LogP contribution in [0.25, 0.3) is 0 Å². The Labute approximate surface area is 368 Å². The van der Waals surface area contributed by atoms with Crippen molar-refractivity contribution in [3.8, 4) is 0 Å². The van der Waals surface area contributed by atoms with Crippen molar-refractivity contribution in [1.82, 2.24) is 5.32 Å². The highest BCUT2D eigenvalue weighted by atomic mass is 16.8. The molecule has 5 heterocycles. The van der Waals surface area contributed by atoms with E-state index in [0.717, 1.165) is 32.1 Å². The van der Waals surface area contributed by atoms with Crippen molar-refractivity contribution in [2.45, 2.75) is 202 Å². The molecule has 9 rings (SSSR count). The molecule has 0 aromatic carbocycles. The molecule has 5 aliphatic heterocycles. The third-order valence-corrected chi connectivity index (χ3v) is 18.0. The van der Waals surface area contributed by atoms with Crippen molar-refractivity contribution >= 4 is 0 Å². The minimum atomic E-state index is -1.76. The molecular formula is C45H73NO17. The van der Waals surface area contributed by atoms with Gasteiger partial charge < -0.3 is 84.2 Å². The van der Waals surface area contributed by atoms with Gasteiger partial charge in [-0.25, -0.2) is 0 Å². The first-order chi connectivity index (χ1) is 29.9. The molecule has 0 amide bonds. The van der Waals surface area contributed by atoms with E-state index in [4.69, 9.17) is 33.2 Å². The molecule has 360 valence electrons. The van der Waals surface area contributed by atoms with Crippen molar-refractivity contribution in [3.63, 3.8) is 0 Å². The molecule has 11 N–H and O–H groups in total. The fourth-order valence-corrected chi connectivity index (χ4v) is 14.4. The minimum Gasteiger partial charge on any atom is -0.396 e. The van der Waals surface area contributed by atoms with Crippen LogP contribution in [-0.2, 0) is 33.2 Å². The topological polar surface area (TPSA) is 279 Å². The summed E-state index contributed by atoms with van der Waals surface area (Å²) >= 11 is 0. The third kappa shape index (κ3) is 7.62. The first-order valence-corrected chi connectivity index (χ1v) is 23.6. The summed E-state index contributed by atoms with van der Waals surface area (Å²) in [4.78, 5) is 0. The number of allylic oxidation sites excluding steroid dienone is 1. The van der Waals surface area contributed by atoms with Crippen LogP contribution in [-0.4, -0.2) is 187 Å². The summed E-state index contributed by atoms with van der Waals surface area (Å²) in [6, 6.07) is 0. The quantitative estimate of drug-likeness (QED) is 0.127. The lowest BCUT2D eigenvalue weighted by Crippen LogP contribution is -2.67. The largest absolute Gasteiger partial charge is 0.396 e. The van der Waals surface area contributed by atoms with Crippen LogP contribution in [0, 0.1) is 46.3 Å². The van der Waals surface area contributed by atoms with Crippen LogP contribution in [0.2, 0.25) is 0 Å². The Morgan fingerprint density at radius 3 is 1.98 bits per heavy atom. The van der Waals surface area contributed by atoms with Gasteiger partial charge in [0.25, 0.3) is 0 Å². The SMILES string of the molecule is C[C@@H]1O[C@@H](O[C@@H]2[C@@H](O[C@H]3CC[C@@]4(C)C(=CC[C@H]5[C@@H]6C[C@@H]7O[C@@]8(NC[C@H](CO)C[C@@H]8O)[C@@H](C)[C@@H]7[C@@]6(C)CC[C@@H]54)C3)[C@H](O[C@@H]3O[C@@H](C)[C@H](O)[C@@H](O)[C@H]3O)[C@@H](CO)O[C@H]2O)[C@H](O)[C@H](O)[C@H]1O. The molecule has 9 aliphatic rings. The van der Waals surface area contributed by atoms with Gasteiger partial charge in [-0.05, 0) is 106 Å². The van der Waals surface area contributed by atoms with Gasteiger partial charge in [0.2, 0.25) is 0 Å². The molecular weight excluding hydrogens is 826 g/mol. The second-order valence-corrected chi connectivity index (χ2v) is 21.3. The van der Waals surface area contributed by atoms with Gasteiger partial charge in [0.05, 0.1) is 37.1 Å². The van der Waals surface area contributed by atoms with Gasteiger partial charge in [-0.15, -0.1) is 0 Å². The normalized spacial score (nSPS) is 58.1. The zero-order valence-corrected chi connectivity index (χ0v) is 37.0. The first-order valence-electron chi connectivity index (χ1n) is 23.6. The van der Waals surface area contributed by atoms with E-state index in [0.29, 0.717) is 49.5 Å². The number of rotatable bonds is 8. The summed E-state index contributed by atoms with van der Waals surface area (Å²) in [5.41, 5.74) is 0.434. The first kappa shape index (κ1) is 47.1. The minimum absolute atomic E-state index is 0.00946. The van der Waals surface area contributed by atoms with Crippen LogP contribution in [0.4, 0.5) is 0 Å². The van der Waals surface area contributed by atoms with Gasteiger partial charge >= 0.3 is 0 Å². The fourth-order valence-electron chi connectivity index (χ4n) is 14.4. The van der Waals surface area contributed by atoms with Crippen molar-refractivity contribution in [2.24, 2.45) is 46.3 Å². The molecule has 0 aromatic heterocycles. The summed E-state index contributed by atoms with van der Waals surface area (Å²) in [5, 5.41) is 111. The molecule has 5 saturated heterocycles. The van der Waals surface area contributed by atoms with E-state index >= 15 is 0 Å². The summed E-state index contributed by atoms with van der Waals surface area (Å²) in [6.45, 7) is 10.1. The number of fused-ring (bicyclic) bond motifs is 7. The predicted octanol–water partition coefficient (Wildman–Crippen LogP) is -1.24.